The van der Waals surface area contributed by atoms with Gasteiger partial charge < -0.3 is 31.8 Å². The fourth-order valence-electron chi connectivity index (χ4n) is 3.86. The third-order valence-electron chi connectivity index (χ3n) is 5.26. The molecule has 164 valence electrons. The van der Waals surface area contributed by atoms with Crippen LogP contribution in [0, 0.1) is 5.92 Å². The maximum absolute atomic E-state index is 10.7. The molecule has 3 aliphatic rings. The van der Waals surface area contributed by atoms with Gasteiger partial charge in [0.15, 0.2) is 0 Å². The molecule has 8 nitrogen and oxygen atoms in total. The number of para-hydroxylation sites is 1. The van der Waals surface area contributed by atoms with Gasteiger partial charge in [0.1, 0.15) is 0 Å². The predicted molar refractivity (Wildman–Crippen MR) is 109 cm³/mol. The van der Waals surface area contributed by atoms with Gasteiger partial charge in [-0.2, -0.15) is 0 Å². The van der Waals surface area contributed by atoms with Gasteiger partial charge in [0.2, 0.25) is 0 Å². The maximum Gasteiger partial charge on any atom is 2.00 e. The summed E-state index contributed by atoms with van der Waals surface area (Å²) in [5.74, 6) is -0.945. The van der Waals surface area contributed by atoms with Crippen molar-refractivity contribution in [3.05, 3.63) is 46.5 Å². The SMILES string of the molecule is O=C(O)C1C=Cc2ccccc2[N-]1.O=C(O)C1CCC2CCCCC2[N-]1.[Ni+2].[OH3+].[OH3+]. The number of nitrogens with zero attached hydrogens (tertiary/aromatic N) is 2. The summed E-state index contributed by atoms with van der Waals surface area (Å²) in [4.78, 5) is 21.4. The summed E-state index contributed by atoms with van der Waals surface area (Å²) >= 11 is 0. The number of piperidine rings is 1. The molecule has 1 saturated carbocycles. The maximum atomic E-state index is 10.7. The van der Waals surface area contributed by atoms with Crippen LogP contribution in [0.5, 0.6) is 0 Å². The Balaban J connectivity index is 0.000000490. The minimum atomic E-state index is -0.911. The fraction of sp³-hybridized carbons (Fsp3) is 0.500. The summed E-state index contributed by atoms with van der Waals surface area (Å²) in [7, 11) is 0. The molecule has 1 saturated heterocycles. The first-order chi connectivity index (χ1) is 12.5. The summed E-state index contributed by atoms with van der Waals surface area (Å²) in [6.45, 7) is 0. The quantitative estimate of drug-likeness (QED) is 0.518. The van der Waals surface area contributed by atoms with Gasteiger partial charge in [0.25, 0.3) is 11.9 Å². The minimum Gasteiger partial charge on any atom is -0.669 e. The molecular formula is C20H30N2NiO6+2. The van der Waals surface area contributed by atoms with Crippen LogP contribution < -0.4 is 0 Å². The first-order valence-corrected chi connectivity index (χ1v) is 9.18. The van der Waals surface area contributed by atoms with E-state index in [0.29, 0.717) is 12.0 Å². The molecule has 8 N–H and O–H groups in total. The molecule has 2 fully saturated rings. The number of hydrogen-bond donors (Lipinski definition) is 2. The molecule has 2 aliphatic heterocycles. The van der Waals surface area contributed by atoms with Crippen molar-refractivity contribution in [3.63, 3.8) is 0 Å². The zero-order valence-electron chi connectivity index (χ0n) is 16.1. The Morgan fingerprint density at radius 1 is 0.931 bits per heavy atom. The van der Waals surface area contributed by atoms with E-state index in [1.165, 1.54) is 19.3 Å². The predicted octanol–water partition coefficient (Wildman–Crippen LogP) is 2.49. The molecule has 1 aliphatic carbocycles. The third kappa shape index (κ3) is 7.12. The van der Waals surface area contributed by atoms with E-state index in [2.05, 4.69) is 10.6 Å². The zero-order chi connectivity index (χ0) is 18.5. The van der Waals surface area contributed by atoms with Gasteiger partial charge in [0, 0.05) is 6.04 Å². The number of carboxylic acids is 2. The summed E-state index contributed by atoms with van der Waals surface area (Å²) < 4.78 is 0. The summed E-state index contributed by atoms with van der Waals surface area (Å²) in [6, 6.07) is 6.71. The number of benzene rings is 1. The number of carboxylic acid groups (broad SMARTS) is 2. The number of aliphatic carboxylic acids is 2. The smallest absolute Gasteiger partial charge is 0.669 e. The second-order valence-electron chi connectivity index (χ2n) is 7.02. The molecule has 0 amide bonds. The Bertz CT molecular complexity index is 699. The molecule has 4 unspecified atom stereocenters. The van der Waals surface area contributed by atoms with Crippen LogP contribution in [0.15, 0.2) is 30.3 Å². The Morgan fingerprint density at radius 3 is 2.31 bits per heavy atom. The molecule has 9 heteroatoms. The average Bonchev–Trinajstić information content (AvgIpc) is 2.67. The van der Waals surface area contributed by atoms with Gasteiger partial charge in [-0.05, 0) is 11.6 Å². The Labute approximate surface area is 180 Å². The van der Waals surface area contributed by atoms with Gasteiger partial charge in [0.05, 0.1) is 0 Å². The van der Waals surface area contributed by atoms with Crippen molar-refractivity contribution < 1.29 is 47.2 Å². The molecule has 0 bridgehead atoms. The first-order valence-electron chi connectivity index (χ1n) is 9.18. The molecule has 0 radical (unpaired) electrons. The molecule has 0 aromatic heterocycles. The normalized spacial score (nSPS) is 26.2. The number of fused-ring (bicyclic) bond motifs is 2. The standard InChI is InChI=1S/C10H16NO2.C10H8NO2.Ni.2H2O/c2*12-10(13)9-6-5-7-3-1-2-4-8(7)11-9;;;/h7-9H,1-6H2,(H,12,13);1-6,9H,(H,12,13);;2*1H2/q2*-1;+2;;/p+2. The van der Waals surface area contributed by atoms with Crippen molar-refractivity contribution in [1.82, 2.24) is 0 Å². The molecule has 29 heavy (non-hydrogen) atoms. The molecule has 4 atom stereocenters. The number of carbonyl (C=O) groups is 2. The van der Waals surface area contributed by atoms with Crippen molar-refractivity contribution in [3.8, 4) is 0 Å². The summed E-state index contributed by atoms with van der Waals surface area (Å²) in [5, 5.41) is 26.0. The Kier molecular flexibility index (Phi) is 11.8. The van der Waals surface area contributed by atoms with Gasteiger partial charge in [-0.25, -0.2) is 0 Å². The monoisotopic (exact) mass is 452 g/mol. The van der Waals surface area contributed by atoms with Gasteiger partial charge >= 0.3 is 16.5 Å². The molecule has 4 rings (SSSR count). The topological polar surface area (TPSA) is 169 Å². The molecule has 1 aromatic carbocycles. The van der Waals surface area contributed by atoms with Crippen molar-refractivity contribution in [2.75, 3.05) is 0 Å². The zero-order valence-corrected chi connectivity index (χ0v) is 17.1. The Morgan fingerprint density at radius 2 is 1.62 bits per heavy atom. The summed E-state index contributed by atoms with van der Waals surface area (Å²) in [5.41, 5.74) is 1.72. The van der Waals surface area contributed by atoms with Crippen LogP contribution in [0.3, 0.4) is 0 Å². The van der Waals surface area contributed by atoms with Crippen LogP contribution in [0.1, 0.15) is 44.1 Å². The van der Waals surface area contributed by atoms with Crippen molar-refractivity contribution in [2.45, 2.75) is 56.7 Å². The van der Waals surface area contributed by atoms with E-state index in [4.69, 9.17) is 10.2 Å². The number of rotatable bonds is 2. The van der Waals surface area contributed by atoms with E-state index < -0.39 is 24.0 Å². The summed E-state index contributed by atoms with van der Waals surface area (Å²) in [6.07, 6.45) is 10.1. The van der Waals surface area contributed by atoms with E-state index in [9.17, 15) is 9.59 Å². The minimum absolute atomic E-state index is 0. The second-order valence-corrected chi connectivity index (χ2v) is 7.02. The van der Waals surface area contributed by atoms with Crippen LogP contribution >= 0.6 is 0 Å². The van der Waals surface area contributed by atoms with E-state index in [1.807, 2.05) is 24.3 Å². The molecular weight excluding hydrogens is 423 g/mol. The molecule has 2 heterocycles. The molecule has 1 aromatic rings. The van der Waals surface area contributed by atoms with E-state index in [1.54, 1.807) is 12.2 Å². The van der Waals surface area contributed by atoms with E-state index >= 15 is 0 Å². The molecule has 0 spiro atoms. The van der Waals surface area contributed by atoms with Crippen LogP contribution in [0.2, 0.25) is 0 Å². The first kappa shape index (κ1) is 27.1. The van der Waals surface area contributed by atoms with Crippen LogP contribution in [0.25, 0.3) is 16.7 Å². The third-order valence-corrected chi connectivity index (χ3v) is 5.26. The van der Waals surface area contributed by atoms with Gasteiger partial charge in [-0.1, -0.05) is 80.9 Å². The van der Waals surface area contributed by atoms with Crippen molar-refractivity contribution in [2.24, 2.45) is 5.92 Å². The van der Waals surface area contributed by atoms with E-state index in [0.717, 1.165) is 30.5 Å². The van der Waals surface area contributed by atoms with Crippen LogP contribution in [0.4, 0.5) is 5.69 Å². The van der Waals surface area contributed by atoms with Crippen LogP contribution in [-0.2, 0) is 37.0 Å². The Hall–Kier alpha value is -1.93. The largest absolute Gasteiger partial charge is 2.00 e. The average molecular weight is 453 g/mol. The number of hydrogen-bond acceptors (Lipinski definition) is 2. The van der Waals surface area contributed by atoms with Gasteiger partial charge in [-0.3, -0.25) is 9.59 Å². The second kappa shape index (κ2) is 12.6. The van der Waals surface area contributed by atoms with Crippen molar-refractivity contribution >= 4 is 23.7 Å². The van der Waals surface area contributed by atoms with Crippen LogP contribution in [-0.4, -0.2) is 40.3 Å². The fourth-order valence-corrected chi connectivity index (χ4v) is 3.86. The van der Waals surface area contributed by atoms with Crippen molar-refractivity contribution in [1.29, 1.82) is 0 Å². The van der Waals surface area contributed by atoms with E-state index in [-0.39, 0.29) is 27.4 Å². The van der Waals surface area contributed by atoms with Gasteiger partial charge in [-0.15, -0.1) is 11.7 Å².